The number of anilines is 2. The van der Waals surface area contributed by atoms with Crippen LogP contribution in [-0.4, -0.2) is 77.2 Å². The number of halogens is 5. The Labute approximate surface area is 553 Å². The number of methoxy groups -OCH3 is 1. The van der Waals surface area contributed by atoms with Crippen molar-refractivity contribution in [3.63, 3.8) is 0 Å². The van der Waals surface area contributed by atoms with Crippen LogP contribution in [0.25, 0.3) is 14.5 Å². The molecule has 8 aromatic rings. The third kappa shape index (κ3) is 26.7. The Bertz CT molecular complexity index is 4060. The molecule has 1 fully saturated rings. The summed E-state index contributed by atoms with van der Waals surface area (Å²) in [5, 5.41) is 16.8. The normalized spacial score (nSPS) is 11.3. The predicted molar refractivity (Wildman–Crippen MR) is 362 cm³/mol. The number of nitrogens with one attached hydrogen (secondary N) is 2. The highest BCUT2D eigenvalue weighted by Gasteiger charge is 2.15. The molecule has 8 aromatic carbocycles. The standard InChI is InChI=1S/C24H21ClN2O3.C16H14ClNO.C11H14O3.C7H3ClFN.C7H8FNO2S.C5H12N2/c1-15-5-7-21(16(2)9-15)27-24(28)11-17-6-8-22(29-4)23(10-17)30-20-13-18(25)12-19(14-20)26-3;1-4-12-6-5-11(2)16(7-12)19-15-9-13(17)8-14(10-15)18-3;1-3-14-11(13)7-9-5-4-8(2)10(12)6-9;1-10-7-3-5(8)2-6(9)4-7;1-5-4-6(12(8,10)11)2-3-7(5)9;1-7-4-2-6-3-5-7/h5-10,12-14H,11H2,1-2,4H3,(H,27,28);5-10H,4H2,1-2H3;4-6,12H,3,7H2,1-2H3;2-4H;2-4H,9H2,1H3;6H,2-5H2,1H3. The molecule has 1 heterocycles. The van der Waals surface area contributed by atoms with Crippen molar-refractivity contribution in [1.82, 2.24) is 10.2 Å². The van der Waals surface area contributed by atoms with Gasteiger partial charge in [0.15, 0.2) is 28.6 Å². The van der Waals surface area contributed by atoms with Crippen LogP contribution in [0.5, 0.6) is 34.5 Å². The first-order valence-corrected chi connectivity index (χ1v) is 31.0. The Morgan fingerprint density at radius 3 is 1.70 bits per heavy atom. The first kappa shape index (κ1) is 75.2. The van der Waals surface area contributed by atoms with Crippen molar-refractivity contribution in [3.8, 4) is 34.5 Å². The molecule has 0 aliphatic carbocycles. The molecule has 16 nitrogen and oxygen atoms in total. The molecule has 1 saturated heterocycles. The van der Waals surface area contributed by atoms with E-state index in [0.29, 0.717) is 62.3 Å². The lowest BCUT2D eigenvalue weighted by Gasteiger charge is -2.21. The van der Waals surface area contributed by atoms with Crippen LogP contribution in [0.4, 0.5) is 36.7 Å². The minimum atomic E-state index is -4.60. The minimum Gasteiger partial charge on any atom is -0.508 e. The zero-order valence-corrected chi connectivity index (χ0v) is 55.5. The van der Waals surface area contributed by atoms with Gasteiger partial charge in [-0.2, -0.15) is 8.42 Å². The number of phenolic OH excluding ortho intramolecular Hbond substituents is 1. The number of ether oxygens (including phenoxy) is 4. The Kier molecular flexibility index (Phi) is 30.9. The maximum absolute atomic E-state index is 12.5. The Morgan fingerprint density at radius 2 is 1.18 bits per heavy atom. The van der Waals surface area contributed by atoms with Gasteiger partial charge in [0.1, 0.15) is 28.8 Å². The fourth-order valence-electron chi connectivity index (χ4n) is 8.14. The third-order valence-corrected chi connectivity index (χ3v) is 14.6. The second-order valence-electron chi connectivity index (χ2n) is 20.6. The summed E-state index contributed by atoms with van der Waals surface area (Å²) in [4.78, 5) is 35.4. The fraction of sp³-hybridized carbons (Fsp3) is 0.243. The summed E-state index contributed by atoms with van der Waals surface area (Å²) >= 11 is 17.5. The SMILES string of the molecule is CCOC(=O)Cc1ccc(C)c(O)c1.CN1CCNCC1.Cc1cc(S(=O)(=O)F)ccc1N.[C-]#[N+]c1cc(Cl)cc(Oc2cc(CC(=O)Nc3ccc(C)cc3C)ccc2OC)c1.[C-]#[N+]c1cc(Cl)cc(Oc2cc(CC)ccc2C)c1.[C-]#[N+]c1cc(F)cc(Cl)c1. The average Bonchev–Trinajstić information content (AvgIpc) is 1.50. The highest BCUT2D eigenvalue weighted by molar-refractivity contribution is 7.86. The van der Waals surface area contributed by atoms with E-state index in [4.69, 9.17) is 79.2 Å². The van der Waals surface area contributed by atoms with E-state index >= 15 is 0 Å². The molecule has 9 rings (SSSR count). The van der Waals surface area contributed by atoms with Crippen LogP contribution in [0.1, 0.15) is 58.4 Å². The number of phenols is 1. The van der Waals surface area contributed by atoms with Crippen molar-refractivity contribution < 1.29 is 50.3 Å². The number of aryl methyl sites for hydroxylation is 6. The maximum atomic E-state index is 12.5. The zero-order valence-electron chi connectivity index (χ0n) is 52.4. The molecule has 5 N–H and O–H groups in total. The lowest BCUT2D eigenvalue weighted by atomic mass is 10.1. The van der Waals surface area contributed by atoms with E-state index < -0.39 is 16.0 Å². The van der Waals surface area contributed by atoms with Gasteiger partial charge >= 0.3 is 16.2 Å². The summed E-state index contributed by atoms with van der Waals surface area (Å²) in [6.07, 6.45) is 1.34. The number of piperazine rings is 1. The lowest BCUT2D eigenvalue weighted by molar-refractivity contribution is -0.142. The summed E-state index contributed by atoms with van der Waals surface area (Å²) < 4.78 is 67.5. The van der Waals surface area contributed by atoms with Gasteiger partial charge in [0.2, 0.25) is 5.91 Å². The van der Waals surface area contributed by atoms with Gasteiger partial charge in [0.05, 0.1) is 51.2 Å². The molecule has 0 radical (unpaired) electrons. The van der Waals surface area contributed by atoms with Crippen molar-refractivity contribution in [3.05, 3.63) is 245 Å². The van der Waals surface area contributed by atoms with Gasteiger partial charge in [-0.05, 0) is 197 Å². The van der Waals surface area contributed by atoms with Crippen LogP contribution < -0.4 is 30.6 Å². The number of rotatable bonds is 13. The van der Waals surface area contributed by atoms with Crippen LogP contribution >= 0.6 is 34.8 Å². The van der Waals surface area contributed by atoms with Gasteiger partial charge in [-0.1, -0.05) is 89.8 Å². The number of nitrogen functional groups attached to an aromatic ring is 1. The average molecular weight is 1330 g/mol. The van der Waals surface area contributed by atoms with Crippen molar-refractivity contribution in [2.45, 2.75) is 72.6 Å². The number of amides is 1. The summed E-state index contributed by atoms with van der Waals surface area (Å²) in [6, 6.07) is 39.7. The molecular formula is C70H72Cl3F2N7O9S. The van der Waals surface area contributed by atoms with Crippen LogP contribution in [0.3, 0.4) is 0 Å². The molecule has 0 aromatic heterocycles. The van der Waals surface area contributed by atoms with Crippen LogP contribution in [0.15, 0.2) is 150 Å². The van der Waals surface area contributed by atoms with Gasteiger partial charge < -0.3 is 45.3 Å². The number of carbonyl (C=O) groups is 2. The first-order valence-electron chi connectivity index (χ1n) is 28.5. The summed E-state index contributed by atoms with van der Waals surface area (Å²) in [7, 11) is -0.905. The van der Waals surface area contributed by atoms with E-state index in [0.717, 1.165) is 82.5 Å². The van der Waals surface area contributed by atoms with Crippen molar-refractivity contribution in [2.24, 2.45) is 0 Å². The summed E-state index contributed by atoms with van der Waals surface area (Å²) in [6.45, 7) is 39.1. The number of aromatic hydroxyl groups is 1. The largest absolute Gasteiger partial charge is 0.508 e. The molecule has 1 aliphatic rings. The second-order valence-corrected chi connectivity index (χ2v) is 23.2. The molecule has 1 aliphatic heterocycles. The molecule has 22 heteroatoms. The lowest BCUT2D eigenvalue weighted by Crippen LogP contribution is -2.40. The smallest absolute Gasteiger partial charge is 0.332 e. The molecule has 0 bridgehead atoms. The fourth-order valence-corrected chi connectivity index (χ4v) is 9.34. The number of likely N-dealkylation sites (N-methyl/N-ethyl adjacent to an activating group) is 1. The second kappa shape index (κ2) is 37.8. The molecule has 0 spiro atoms. The molecular weight excluding hydrogens is 1260 g/mol. The number of esters is 1. The third-order valence-electron chi connectivity index (χ3n) is 13.1. The number of nitrogens with zero attached hydrogens (tertiary/aromatic N) is 4. The Morgan fingerprint density at radius 1 is 0.641 bits per heavy atom. The van der Waals surface area contributed by atoms with Crippen LogP contribution in [0.2, 0.25) is 15.1 Å². The van der Waals surface area contributed by atoms with E-state index in [1.807, 2.05) is 70.2 Å². The highest BCUT2D eigenvalue weighted by atomic mass is 35.5. The van der Waals surface area contributed by atoms with Crippen molar-refractivity contribution in [1.29, 1.82) is 0 Å². The topological polar surface area (TPSA) is 192 Å². The molecule has 482 valence electrons. The number of benzene rings is 8. The zero-order chi connectivity index (χ0) is 68.1. The van der Waals surface area contributed by atoms with Gasteiger partial charge in [0, 0.05) is 52.6 Å². The summed E-state index contributed by atoms with van der Waals surface area (Å²) in [5.41, 5.74) is 15.1. The van der Waals surface area contributed by atoms with Crippen molar-refractivity contribution >= 4 is 85.3 Å². The van der Waals surface area contributed by atoms with Gasteiger partial charge in [-0.3, -0.25) is 9.59 Å². The van der Waals surface area contributed by atoms with Crippen LogP contribution in [0, 0.1) is 60.2 Å². The van der Waals surface area contributed by atoms with E-state index in [9.17, 15) is 31.4 Å². The predicted octanol–water partition coefficient (Wildman–Crippen LogP) is 17.6. The molecule has 92 heavy (non-hydrogen) atoms. The molecule has 0 unspecified atom stereocenters. The quantitative estimate of drug-likeness (QED) is 0.0370. The Balaban J connectivity index is 0.000000252. The minimum absolute atomic E-state index is 0.129. The van der Waals surface area contributed by atoms with Gasteiger partial charge in [-0.15, -0.1) is 3.89 Å². The first-order chi connectivity index (χ1) is 43.6. The molecule has 1 amide bonds. The van der Waals surface area contributed by atoms with Crippen molar-refractivity contribution in [2.75, 3.05) is 58.0 Å². The number of nitrogens with two attached hydrogens (primary N) is 1. The van der Waals surface area contributed by atoms with Gasteiger partial charge in [-0.25, -0.2) is 18.9 Å². The molecule has 0 saturated carbocycles. The number of carbonyl (C=O) groups excluding carboxylic acids is 2. The summed E-state index contributed by atoms with van der Waals surface area (Å²) in [5.74, 6) is 2.11. The molecule has 0 atom stereocenters. The highest BCUT2D eigenvalue weighted by Crippen LogP contribution is 2.36. The van der Waals surface area contributed by atoms with E-state index in [2.05, 4.69) is 50.1 Å². The van der Waals surface area contributed by atoms with Crippen LogP contribution in [-0.2, 0) is 43.8 Å². The number of hydrogen-bond donors (Lipinski definition) is 4. The maximum Gasteiger partial charge on any atom is 0.332 e. The Hall–Kier alpha value is -9.23. The monoisotopic (exact) mass is 1330 g/mol. The van der Waals surface area contributed by atoms with E-state index in [1.54, 1.807) is 74.5 Å². The van der Waals surface area contributed by atoms with E-state index in [1.165, 1.54) is 44.0 Å². The van der Waals surface area contributed by atoms with E-state index in [-0.39, 0.29) is 46.1 Å². The number of hydrogen-bond acceptors (Lipinski definition) is 12. The van der Waals surface area contributed by atoms with Gasteiger partial charge in [0.25, 0.3) is 0 Å².